The van der Waals surface area contributed by atoms with Gasteiger partial charge in [-0.1, -0.05) is 0 Å². The van der Waals surface area contributed by atoms with Gasteiger partial charge < -0.3 is 10.1 Å². The van der Waals surface area contributed by atoms with Crippen molar-refractivity contribution in [2.45, 2.75) is 12.5 Å². The van der Waals surface area contributed by atoms with Gasteiger partial charge >= 0.3 is 0 Å². The van der Waals surface area contributed by atoms with Crippen LogP contribution in [0.3, 0.4) is 0 Å². The van der Waals surface area contributed by atoms with Crippen LogP contribution in [0.1, 0.15) is 18.0 Å². The van der Waals surface area contributed by atoms with Crippen LogP contribution < -0.4 is 10.1 Å². The van der Waals surface area contributed by atoms with Gasteiger partial charge in [0, 0.05) is 18.1 Å². The number of carbonyl (C=O) groups is 1. The summed E-state index contributed by atoms with van der Waals surface area (Å²) in [7, 11) is 0. The zero-order valence-corrected chi connectivity index (χ0v) is 9.56. The summed E-state index contributed by atoms with van der Waals surface area (Å²) in [6, 6.07) is 1.46. The third-order valence-corrected chi connectivity index (χ3v) is 2.76. The molecular formula is C11H10ClF2NO2. The summed E-state index contributed by atoms with van der Waals surface area (Å²) in [6.07, 6.45) is 0.457. The number of alkyl halides is 1. The van der Waals surface area contributed by atoms with E-state index in [0.717, 1.165) is 12.1 Å². The van der Waals surface area contributed by atoms with Crippen LogP contribution in [0.15, 0.2) is 12.1 Å². The first kappa shape index (κ1) is 12.1. The fraction of sp³-hybridized carbons (Fsp3) is 0.364. The standard InChI is InChI=1S/C11H10ClF2NO2/c12-5-10(16)15-9-1-2-17-11-7(9)3-6(13)4-8(11)14/h3-4,9H,1-2,5H2,(H,15,16)/t9-/m1/s1. The second-order valence-corrected chi connectivity index (χ2v) is 3.96. The average molecular weight is 262 g/mol. The molecular weight excluding hydrogens is 252 g/mol. The van der Waals surface area contributed by atoms with Crippen LogP contribution in [0.25, 0.3) is 0 Å². The second-order valence-electron chi connectivity index (χ2n) is 3.70. The highest BCUT2D eigenvalue weighted by molar-refractivity contribution is 6.27. The Bertz CT molecular complexity index is 453. The molecule has 1 N–H and O–H groups in total. The molecule has 0 fully saturated rings. The van der Waals surface area contributed by atoms with E-state index >= 15 is 0 Å². The van der Waals surface area contributed by atoms with Crippen molar-refractivity contribution in [3.8, 4) is 5.75 Å². The van der Waals surface area contributed by atoms with Gasteiger partial charge in [-0.25, -0.2) is 8.78 Å². The summed E-state index contributed by atoms with van der Waals surface area (Å²) < 4.78 is 31.7. The molecule has 92 valence electrons. The SMILES string of the molecule is O=C(CCl)N[C@@H]1CCOc2c(F)cc(F)cc21. The molecule has 0 aromatic heterocycles. The molecule has 0 bridgehead atoms. The molecule has 0 aliphatic carbocycles. The molecule has 1 amide bonds. The third-order valence-electron chi connectivity index (χ3n) is 2.52. The Morgan fingerprint density at radius 2 is 2.29 bits per heavy atom. The van der Waals surface area contributed by atoms with Crippen molar-refractivity contribution >= 4 is 17.5 Å². The van der Waals surface area contributed by atoms with E-state index in [0.29, 0.717) is 12.0 Å². The molecule has 1 aromatic rings. The van der Waals surface area contributed by atoms with E-state index in [2.05, 4.69) is 5.32 Å². The van der Waals surface area contributed by atoms with Gasteiger partial charge in [0.15, 0.2) is 11.6 Å². The number of benzene rings is 1. The van der Waals surface area contributed by atoms with Crippen LogP contribution >= 0.6 is 11.6 Å². The molecule has 2 rings (SSSR count). The van der Waals surface area contributed by atoms with Gasteiger partial charge in [-0.15, -0.1) is 11.6 Å². The van der Waals surface area contributed by atoms with Crippen molar-refractivity contribution in [2.24, 2.45) is 0 Å². The molecule has 17 heavy (non-hydrogen) atoms. The second kappa shape index (κ2) is 4.87. The van der Waals surface area contributed by atoms with Crippen LogP contribution in [0.2, 0.25) is 0 Å². The van der Waals surface area contributed by atoms with E-state index in [4.69, 9.17) is 16.3 Å². The average Bonchev–Trinajstić information content (AvgIpc) is 2.30. The molecule has 1 aliphatic rings. The molecule has 1 aliphatic heterocycles. The van der Waals surface area contributed by atoms with Gasteiger partial charge in [-0.2, -0.15) is 0 Å². The number of hydrogen-bond donors (Lipinski definition) is 1. The predicted molar refractivity (Wildman–Crippen MR) is 58.1 cm³/mol. The lowest BCUT2D eigenvalue weighted by Crippen LogP contribution is -2.33. The number of carbonyl (C=O) groups excluding carboxylic acids is 1. The van der Waals surface area contributed by atoms with Gasteiger partial charge in [-0.3, -0.25) is 4.79 Å². The summed E-state index contributed by atoms with van der Waals surface area (Å²) in [5, 5.41) is 2.59. The van der Waals surface area contributed by atoms with E-state index in [1.165, 1.54) is 0 Å². The number of nitrogens with one attached hydrogen (secondary N) is 1. The lowest BCUT2D eigenvalue weighted by Gasteiger charge is -2.26. The quantitative estimate of drug-likeness (QED) is 0.829. The van der Waals surface area contributed by atoms with E-state index < -0.39 is 17.7 Å². The Labute approximate surface area is 102 Å². The van der Waals surface area contributed by atoms with E-state index in [1.54, 1.807) is 0 Å². The Kier molecular flexibility index (Phi) is 3.47. The first-order valence-electron chi connectivity index (χ1n) is 5.09. The monoisotopic (exact) mass is 261 g/mol. The van der Waals surface area contributed by atoms with E-state index in [1.807, 2.05) is 0 Å². The Morgan fingerprint density at radius 1 is 1.53 bits per heavy atom. The molecule has 0 spiro atoms. The Morgan fingerprint density at radius 3 is 3.00 bits per heavy atom. The highest BCUT2D eigenvalue weighted by atomic mass is 35.5. The Balaban J connectivity index is 2.33. The van der Waals surface area contributed by atoms with Crippen molar-refractivity contribution in [3.63, 3.8) is 0 Å². The van der Waals surface area contributed by atoms with Crippen LogP contribution in [0.4, 0.5) is 8.78 Å². The lowest BCUT2D eigenvalue weighted by molar-refractivity contribution is -0.119. The van der Waals surface area contributed by atoms with Crippen LogP contribution in [-0.2, 0) is 4.79 Å². The van der Waals surface area contributed by atoms with Crippen LogP contribution in [-0.4, -0.2) is 18.4 Å². The number of amides is 1. The minimum absolute atomic E-state index is 0.00229. The topological polar surface area (TPSA) is 38.3 Å². The predicted octanol–water partition coefficient (Wildman–Crippen LogP) is 2.14. The lowest BCUT2D eigenvalue weighted by atomic mass is 10.00. The number of halogens is 3. The first-order chi connectivity index (χ1) is 8.11. The summed E-state index contributed by atoms with van der Waals surface area (Å²) >= 11 is 5.37. The summed E-state index contributed by atoms with van der Waals surface area (Å²) in [6.45, 7) is 0.267. The zero-order chi connectivity index (χ0) is 12.4. The molecule has 0 unspecified atom stereocenters. The maximum absolute atomic E-state index is 13.4. The largest absolute Gasteiger partial charge is 0.490 e. The molecule has 0 saturated carbocycles. The van der Waals surface area contributed by atoms with Crippen molar-refractivity contribution in [1.82, 2.24) is 5.32 Å². The van der Waals surface area contributed by atoms with Crippen molar-refractivity contribution < 1.29 is 18.3 Å². The van der Waals surface area contributed by atoms with Gasteiger partial charge in [0.05, 0.1) is 12.6 Å². The smallest absolute Gasteiger partial charge is 0.235 e. The van der Waals surface area contributed by atoms with Crippen molar-refractivity contribution in [3.05, 3.63) is 29.3 Å². The van der Waals surface area contributed by atoms with E-state index in [9.17, 15) is 13.6 Å². The highest BCUT2D eigenvalue weighted by Gasteiger charge is 2.26. The van der Waals surface area contributed by atoms with Gasteiger partial charge in [0.1, 0.15) is 11.7 Å². The molecule has 1 aromatic carbocycles. The molecule has 0 radical (unpaired) electrons. The minimum atomic E-state index is -0.759. The molecule has 0 saturated heterocycles. The fourth-order valence-corrected chi connectivity index (χ4v) is 1.89. The highest BCUT2D eigenvalue weighted by Crippen LogP contribution is 2.34. The number of fused-ring (bicyclic) bond motifs is 1. The molecule has 3 nitrogen and oxygen atoms in total. The summed E-state index contributed by atoms with van der Waals surface area (Å²) in [4.78, 5) is 11.2. The minimum Gasteiger partial charge on any atom is -0.490 e. The maximum Gasteiger partial charge on any atom is 0.235 e. The molecule has 1 heterocycles. The van der Waals surface area contributed by atoms with Gasteiger partial charge in [0.2, 0.25) is 5.91 Å². The first-order valence-corrected chi connectivity index (χ1v) is 5.62. The van der Waals surface area contributed by atoms with Gasteiger partial charge in [-0.05, 0) is 6.07 Å². The third kappa shape index (κ3) is 2.49. The maximum atomic E-state index is 13.4. The number of rotatable bonds is 2. The summed E-state index contributed by atoms with van der Waals surface area (Å²) in [5.41, 5.74) is 0.312. The van der Waals surface area contributed by atoms with Crippen LogP contribution in [0, 0.1) is 11.6 Å². The van der Waals surface area contributed by atoms with Crippen molar-refractivity contribution in [1.29, 1.82) is 0 Å². The zero-order valence-electron chi connectivity index (χ0n) is 8.80. The van der Waals surface area contributed by atoms with E-state index in [-0.39, 0.29) is 24.1 Å². The molecule has 6 heteroatoms. The normalized spacial score (nSPS) is 18.2. The van der Waals surface area contributed by atoms with Crippen LogP contribution in [0.5, 0.6) is 5.75 Å². The number of ether oxygens (including phenoxy) is 1. The van der Waals surface area contributed by atoms with Crippen molar-refractivity contribution in [2.75, 3.05) is 12.5 Å². The van der Waals surface area contributed by atoms with Gasteiger partial charge in [0.25, 0.3) is 0 Å². The number of hydrogen-bond acceptors (Lipinski definition) is 2. The fourth-order valence-electron chi connectivity index (χ4n) is 1.81. The molecule has 1 atom stereocenters. The summed E-state index contributed by atoms with van der Waals surface area (Å²) in [5.74, 6) is -2.03. The Hall–Kier alpha value is -1.36.